The first-order valence-electron chi connectivity index (χ1n) is 6.27. The van der Waals surface area contributed by atoms with E-state index in [1.165, 1.54) is 5.56 Å². The molecule has 0 aliphatic carbocycles. The van der Waals surface area contributed by atoms with Gasteiger partial charge in [-0.25, -0.2) is 0 Å². The van der Waals surface area contributed by atoms with Gasteiger partial charge in [0, 0.05) is 32.8 Å². The molecule has 0 aromatic heterocycles. The van der Waals surface area contributed by atoms with Crippen molar-refractivity contribution in [2.75, 3.05) is 26.8 Å². The first-order valence-corrected chi connectivity index (χ1v) is 6.27. The van der Waals surface area contributed by atoms with E-state index >= 15 is 0 Å². The summed E-state index contributed by atoms with van der Waals surface area (Å²) in [6.07, 6.45) is 1.01. The lowest BCUT2D eigenvalue weighted by Gasteiger charge is -2.25. The van der Waals surface area contributed by atoms with Crippen LogP contribution < -0.4 is 5.73 Å². The van der Waals surface area contributed by atoms with Gasteiger partial charge in [0.05, 0.1) is 6.61 Å². The highest BCUT2D eigenvalue weighted by atomic mass is 16.5. The Bertz CT molecular complexity index is 290. The van der Waals surface area contributed by atoms with Crippen molar-refractivity contribution in [1.29, 1.82) is 0 Å². The number of ether oxygens (including phenoxy) is 1. The van der Waals surface area contributed by atoms with Crippen molar-refractivity contribution in [2.24, 2.45) is 5.73 Å². The van der Waals surface area contributed by atoms with Crippen molar-refractivity contribution in [3.05, 3.63) is 35.9 Å². The molecule has 1 aromatic rings. The van der Waals surface area contributed by atoms with Gasteiger partial charge in [-0.15, -0.1) is 0 Å². The molecule has 1 atom stereocenters. The fourth-order valence-corrected chi connectivity index (χ4v) is 1.76. The number of nitrogens with zero attached hydrogens (tertiary/aromatic N) is 1. The van der Waals surface area contributed by atoms with Gasteiger partial charge < -0.3 is 10.5 Å². The molecule has 0 spiro atoms. The Hall–Kier alpha value is -0.900. The summed E-state index contributed by atoms with van der Waals surface area (Å²) in [6.45, 7) is 5.68. The van der Waals surface area contributed by atoms with Crippen molar-refractivity contribution in [2.45, 2.75) is 25.9 Å². The van der Waals surface area contributed by atoms with Gasteiger partial charge in [-0.05, 0) is 12.0 Å². The molecule has 0 heterocycles. The molecular weight excluding hydrogens is 212 g/mol. The highest BCUT2D eigenvalue weighted by Crippen LogP contribution is 2.05. The largest absolute Gasteiger partial charge is 0.383 e. The molecule has 0 amide bonds. The van der Waals surface area contributed by atoms with Gasteiger partial charge in [0.1, 0.15) is 0 Å². The van der Waals surface area contributed by atoms with Crippen molar-refractivity contribution >= 4 is 0 Å². The van der Waals surface area contributed by atoms with Gasteiger partial charge in [0.25, 0.3) is 0 Å². The van der Waals surface area contributed by atoms with E-state index in [9.17, 15) is 0 Å². The first-order chi connectivity index (χ1) is 8.26. The molecule has 0 unspecified atom stereocenters. The van der Waals surface area contributed by atoms with Crippen LogP contribution >= 0.6 is 0 Å². The molecular formula is C14H24N2O. The molecule has 0 aliphatic rings. The third-order valence-corrected chi connectivity index (χ3v) is 2.88. The summed E-state index contributed by atoms with van der Waals surface area (Å²) in [6, 6.07) is 10.7. The molecule has 0 saturated carbocycles. The summed E-state index contributed by atoms with van der Waals surface area (Å²) in [4.78, 5) is 2.35. The minimum Gasteiger partial charge on any atom is -0.383 e. The molecule has 0 saturated heterocycles. The lowest BCUT2D eigenvalue weighted by atomic mass is 10.2. The molecule has 17 heavy (non-hydrogen) atoms. The van der Waals surface area contributed by atoms with Gasteiger partial charge in [-0.2, -0.15) is 0 Å². The smallest absolute Gasteiger partial charge is 0.0589 e. The fourth-order valence-electron chi connectivity index (χ4n) is 1.76. The predicted molar refractivity (Wildman–Crippen MR) is 71.9 cm³/mol. The average molecular weight is 236 g/mol. The van der Waals surface area contributed by atoms with Gasteiger partial charge in [0.15, 0.2) is 0 Å². The summed E-state index contributed by atoms with van der Waals surface area (Å²) >= 11 is 0. The second kappa shape index (κ2) is 8.23. The monoisotopic (exact) mass is 236 g/mol. The van der Waals surface area contributed by atoms with Crippen LogP contribution in [0.2, 0.25) is 0 Å². The zero-order chi connectivity index (χ0) is 12.5. The van der Waals surface area contributed by atoms with E-state index < -0.39 is 0 Å². The fraction of sp³-hybridized carbons (Fsp3) is 0.571. The third-order valence-electron chi connectivity index (χ3n) is 2.88. The van der Waals surface area contributed by atoms with Crippen LogP contribution in [0.3, 0.4) is 0 Å². The number of benzene rings is 1. The average Bonchev–Trinajstić information content (AvgIpc) is 2.37. The zero-order valence-electron chi connectivity index (χ0n) is 10.9. The Labute approximate surface area is 105 Å². The molecule has 1 aromatic carbocycles. The number of hydrogen-bond acceptors (Lipinski definition) is 3. The van der Waals surface area contributed by atoms with Crippen LogP contribution in [-0.4, -0.2) is 37.7 Å². The molecule has 3 heteroatoms. The zero-order valence-corrected chi connectivity index (χ0v) is 10.9. The summed E-state index contributed by atoms with van der Waals surface area (Å²) < 4.78 is 5.14. The standard InChI is InChI=1S/C14H24N2O/c1-3-14(15)12-16(9-10-17-2)11-13-7-5-4-6-8-13/h4-8,14H,3,9-12,15H2,1-2H3/t14-/m0/s1. The van der Waals surface area contributed by atoms with Gasteiger partial charge in [-0.1, -0.05) is 37.3 Å². The molecule has 0 fully saturated rings. The van der Waals surface area contributed by atoms with Crippen LogP contribution in [0, 0.1) is 0 Å². The molecule has 0 radical (unpaired) electrons. The Balaban J connectivity index is 2.50. The van der Waals surface area contributed by atoms with Crippen molar-refractivity contribution < 1.29 is 4.74 Å². The van der Waals surface area contributed by atoms with Crippen LogP contribution in [0.25, 0.3) is 0 Å². The van der Waals surface area contributed by atoms with E-state index in [1.54, 1.807) is 7.11 Å². The molecule has 1 rings (SSSR count). The number of methoxy groups -OCH3 is 1. The number of rotatable bonds is 8. The van der Waals surface area contributed by atoms with E-state index in [-0.39, 0.29) is 6.04 Å². The molecule has 96 valence electrons. The molecule has 0 aliphatic heterocycles. The van der Waals surface area contributed by atoms with Crippen molar-refractivity contribution in [1.82, 2.24) is 4.90 Å². The third kappa shape index (κ3) is 5.82. The first kappa shape index (κ1) is 14.2. The Morgan fingerprint density at radius 1 is 1.29 bits per heavy atom. The highest BCUT2D eigenvalue weighted by Gasteiger charge is 2.09. The topological polar surface area (TPSA) is 38.5 Å². The summed E-state index contributed by atoms with van der Waals surface area (Å²) in [5.74, 6) is 0. The minimum absolute atomic E-state index is 0.246. The van der Waals surface area contributed by atoms with Crippen molar-refractivity contribution in [3.63, 3.8) is 0 Å². The molecule has 3 nitrogen and oxygen atoms in total. The minimum atomic E-state index is 0.246. The van der Waals surface area contributed by atoms with Gasteiger partial charge in [0.2, 0.25) is 0 Å². The molecule has 2 N–H and O–H groups in total. The Morgan fingerprint density at radius 3 is 2.59 bits per heavy atom. The maximum absolute atomic E-state index is 6.02. The van der Waals surface area contributed by atoms with Gasteiger partial charge >= 0.3 is 0 Å². The predicted octanol–water partition coefficient (Wildman–Crippen LogP) is 1.87. The highest BCUT2D eigenvalue weighted by molar-refractivity contribution is 5.14. The summed E-state index contributed by atoms with van der Waals surface area (Å²) in [5.41, 5.74) is 7.34. The van der Waals surface area contributed by atoms with E-state index in [1.807, 2.05) is 6.07 Å². The maximum Gasteiger partial charge on any atom is 0.0589 e. The van der Waals surface area contributed by atoms with E-state index in [2.05, 4.69) is 36.1 Å². The van der Waals surface area contributed by atoms with Crippen LogP contribution in [0.1, 0.15) is 18.9 Å². The summed E-state index contributed by atoms with van der Waals surface area (Å²) in [5, 5.41) is 0. The van der Waals surface area contributed by atoms with Crippen LogP contribution in [0.15, 0.2) is 30.3 Å². The maximum atomic E-state index is 6.02. The van der Waals surface area contributed by atoms with Gasteiger partial charge in [-0.3, -0.25) is 4.90 Å². The second-order valence-electron chi connectivity index (χ2n) is 4.38. The Morgan fingerprint density at radius 2 is 2.00 bits per heavy atom. The van der Waals surface area contributed by atoms with Crippen molar-refractivity contribution in [3.8, 4) is 0 Å². The summed E-state index contributed by atoms with van der Waals surface area (Å²) in [7, 11) is 1.74. The lowest BCUT2D eigenvalue weighted by molar-refractivity contribution is 0.139. The SMILES string of the molecule is CC[C@H](N)CN(CCOC)Cc1ccccc1. The van der Waals surface area contributed by atoms with Crippen LogP contribution in [-0.2, 0) is 11.3 Å². The van der Waals surface area contributed by atoms with E-state index in [0.29, 0.717) is 0 Å². The van der Waals surface area contributed by atoms with E-state index in [0.717, 1.165) is 32.7 Å². The number of hydrogen-bond donors (Lipinski definition) is 1. The quantitative estimate of drug-likeness (QED) is 0.749. The molecule has 0 bridgehead atoms. The normalized spacial score (nSPS) is 12.9. The van der Waals surface area contributed by atoms with E-state index in [4.69, 9.17) is 10.5 Å². The number of nitrogens with two attached hydrogens (primary N) is 1. The lowest BCUT2D eigenvalue weighted by Crippen LogP contribution is -2.38. The van der Waals surface area contributed by atoms with Crippen LogP contribution in [0.4, 0.5) is 0 Å². The second-order valence-corrected chi connectivity index (χ2v) is 4.38. The van der Waals surface area contributed by atoms with Crippen LogP contribution in [0.5, 0.6) is 0 Å². The Kier molecular flexibility index (Phi) is 6.86.